The average Bonchev–Trinajstić information content (AvgIpc) is 2.39. The van der Waals surface area contributed by atoms with E-state index in [-0.39, 0.29) is 5.75 Å². The van der Waals surface area contributed by atoms with Gasteiger partial charge in [0, 0.05) is 37.7 Å². The van der Waals surface area contributed by atoms with Crippen molar-refractivity contribution in [1.29, 1.82) is 0 Å². The van der Waals surface area contributed by atoms with Crippen LogP contribution in [0, 0.1) is 0 Å². The summed E-state index contributed by atoms with van der Waals surface area (Å²) in [7, 11) is -3.05. The van der Waals surface area contributed by atoms with Gasteiger partial charge in [0.15, 0.2) is 0 Å². The Bertz CT molecular complexity index is 540. The van der Waals surface area contributed by atoms with Crippen molar-refractivity contribution in [1.82, 2.24) is 9.21 Å². The van der Waals surface area contributed by atoms with Crippen LogP contribution in [0.1, 0.15) is 18.9 Å². The summed E-state index contributed by atoms with van der Waals surface area (Å²) in [5.41, 5.74) is 1.17. The molecule has 4 nitrogen and oxygen atoms in total. The van der Waals surface area contributed by atoms with Crippen LogP contribution in [0.4, 0.5) is 0 Å². The van der Waals surface area contributed by atoms with Crippen molar-refractivity contribution in [2.24, 2.45) is 0 Å². The Morgan fingerprint density at radius 1 is 1.20 bits per heavy atom. The van der Waals surface area contributed by atoms with Crippen LogP contribution >= 0.6 is 11.6 Å². The highest BCUT2D eigenvalue weighted by Crippen LogP contribution is 2.15. The Labute approximate surface area is 126 Å². The Morgan fingerprint density at radius 3 is 2.50 bits per heavy atom. The third kappa shape index (κ3) is 4.19. The molecule has 0 aromatic heterocycles. The van der Waals surface area contributed by atoms with Gasteiger partial charge in [-0.3, -0.25) is 4.90 Å². The number of halogens is 1. The molecule has 2 rings (SSSR count). The van der Waals surface area contributed by atoms with Crippen LogP contribution < -0.4 is 0 Å². The SMILES string of the molecule is CCCS(=O)(=O)N1CCN(Cc2cccc(Cl)c2)CC1. The molecule has 1 aliphatic rings. The Kier molecular flexibility index (Phi) is 5.43. The topological polar surface area (TPSA) is 40.6 Å². The first-order valence-electron chi connectivity index (χ1n) is 6.96. The molecule has 6 heteroatoms. The lowest BCUT2D eigenvalue weighted by molar-refractivity contribution is 0.181. The lowest BCUT2D eigenvalue weighted by Gasteiger charge is -2.34. The molecule has 0 spiro atoms. The van der Waals surface area contributed by atoms with Gasteiger partial charge in [0.05, 0.1) is 5.75 Å². The van der Waals surface area contributed by atoms with E-state index in [0.29, 0.717) is 19.5 Å². The minimum atomic E-state index is -3.05. The first-order valence-corrected chi connectivity index (χ1v) is 8.94. The monoisotopic (exact) mass is 316 g/mol. The van der Waals surface area contributed by atoms with E-state index in [1.165, 1.54) is 5.56 Å². The lowest BCUT2D eigenvalue weighted by atomic mass is 10.2. The fraction of sp³-hybridized carbons (Fsp3) is 0.571. The molecule has 20 heavy (non-hydrogen) atoms. The molecular formula is C14H21ClN2O2S. The van der Waals surface area contributed by atoms with Crippen molar-refractivity contribution in [3.05, 3.63) is 34.9 Å². The lowest BCUT2D eigenvalue weighted by Crippen LogP contribution is -2.48. The summed E-state index contributed by atoms with van der Waals surface area (Å²) in [5.74, 6) is 0.251. The van der Waals surface area contributed by atoms with Crippen molar-refractivity contribution in [2.75, 3.05) is 31.9 Å². The molecule has 0 unspecified atom stereocenters. The van der Waals surface area contributed by atoms with Gasteiger partial charge >= 0.3 is 0 Å². The number of hydrogen-bond donors (Lipinski definition) is 0. The number of hydrogen-bond acceptors (Lipinski definition) is 3. The molecule has 1 saturated heterocycles. The molecule has 1 aliphatic heterocycles. The molecule has 0 bridgehead atoms. The predicted octanol–water partition coefficient (Wildman–Crippen LogP) is 2.20. The third-order valence-corrected chi connectivity index (χ3v) is 5.79. The van der Waals surface area contributed by atoms with Gasteiger partial charge in [0.2, 0.25) is 10.0 Å². The van der Waals surface area contributed by atoms with Gasteiger partial charge in [-0.2, -0.15) is 4.31 Å². The molecule has 0 saturated carbocycles. The first-order chi connectivity index (χ1) is 9.51. The molecular weight excluding hydrogens is 296 g/mol. The second-order valence-corrected chi connectivity index (χ2v) is 7.65. The molecule has 1 heterocycles. The Hall–Kier alpha value is -0.620. The first kappa shape index (κ1) is 15.8. The van der Waals surface area contributed by atoms with E-state index in [1.807, 2.05) is 31.2 Å². The van der Waals surface area contributed by atoms with Crippen LogP contribution in [0.25, 0.3) is 0 Å². The molecule has 1 aromatic rings. The summed E-state index contributed by atoms with van der Waals surface area (Å²) in [4.78, 5) is 2.27. The maximum absolute atomic E-state index is 12.0. The number of sulfonamides is 1. The largest absolute Gasteiger partial charge is 0.296 e. The standard InChI is InChI=1S/C14H21ClN2O2S/c1-2-10-20(18,19)17-8-6-16(7-9-17)12-13-4-3-5-14(15)11-13/h3-5,11H,2,6-10,12H2,1H3. The maximum atomic E-state index is 12.0. The molecule has 0 atom stereocenters. The smallest absolute Gasteiger partial charge is 0.214 e. The zero-order chi connectivity index (χ0) is 14.6. The highest BCUT2D eigenvalue weighted by Gasteiger charge is 2.25. The molecule has 1 aromatic carbocycles. The summed E-state index contributed by atoms with van der Waals surface area (Å²) in [6, 6.07) is 7.81. The highest BCUT2D eigenvalue weighted by molar-refractivity contribution is 7.89. The second-order valence-electron chi connectivity index (χ2n) is 5.12. The van der Waals surface area contributed by atoms with Gasteiger partial charge in [-0.15, -0.1) is 0 Å². The van der Waals surface area contributed by atoms with Gasteiger partial charge < -0.3 is 0 Å². The zero-order valence-corrected chi connectivity index (χ0v) is 13.3. The summed E-state index contributed by atoms with van der Waals surface area (Å²) in [6.45, 7) is 5.44. The fourth-order valence-electron chi connectivity index (χ4n) is 2.45. The quantitative estimate of drug-likeness (QED) is 0.836. The summed E-state index contributed by atoms with van der Waals surface area (Å²) < 4.78 is 25.6. The molecule has 0 amide bonds. The maximum Gasteiger partial charge on any atom is 0.214 e. The van der Waals surface area contributed by atoms with Crippen LogP contribution in [-0.4, -0.2) is 49.6 Å². The van der Waals surface area contributed by atoms with E-state index < -0.39 is 10.0 Å². The van der Waals surface area contributed by atoms with Crippen molar-refractivity contribution < 1.29 is 8.42 Å². The van der Waals surface area contributed by atoms with Gasteiger partial charge in [-0.1, -0.05) is 30.7 Å². The molecule has 0 aliphatic carbocycles. The highest BCUT2D eigenvalue weighted by atomic mass is 35.5. The molecule has 0 N–H and O–H groups in total. The summed E-state index contributed by atoms with van der Waals surface area (Å²) >= 11 is 5.97. The van der Waals surface area contributed by atoms with Crippen molar-refractivity contribution in [3.63, 3.8) is 0 Å². The van der Waals surface area contributed by atoms with Gasteiger partial charge in [0.1, 0.15) is 0 Å². The minimum absolute atomic E-state index is 0.251. The van der Waals surface area contributed by atoms with Gasteiger partial charge in [-0.25, -0.2) is 8.42 Å². The van der Waals surface area contributed by atoms with E-state index >= 15 is 0 Å². The predicted molar refractivity (Wildman–Crippen MR) is 82.4 cm³/mol. The fourth-order valence-corrected chi connectivity index (χ4v) is 4.15. The van der Waals surface area contributed by atoms with E-state index in [9.17, 15) is 8.42 Å². The Balaban J connectivity index is 1.89. The average molecular weight is 317 g/mol. The van der Waals surface area contributed by atoms with Crippen LogP contribution in [0.3, 0.4) is 0 Å². The van der Waals surface area contributed by atoms with Gasteiger partial charge in [0.25, 0.3) is 0 Å². The summed E-state index contributed by atoms with van der Waals surface area (Å²) in [5, 5.41) is 0.742. The molecule has 112 valence electrons. The number of piperazine rings is 1. The van der Waals surface area contributed by atoms with Crippen LogP contribution in [-0.2, 0) is 16.6 Å². The van der Waals surface area contributed by atoms with Crippen LogP contribution in [0.15, 0.2) is 24.3 Å². The number of nitrogens with zero attached hydrogens (tertiary/aromatic N) is 2. The Morgan fingerprint density at radius 2 is 1.90 bits per heavy atom. The summed E-state index contributed by atoms with van der Waals surface area (Å²) in [6.07, 6.45) is 0.672. The van der Waals surface area contributed by atoms with E-state index in [0.717, 1.165) is 24.7 Å². The van der Waals surface area contributed by atoms with Crippen LogP contribution in [0.5, 0.6) is 0 Å². The second kappa shape index (κ2) is 6.89. The minimum Gasteiger partial charge on any atom is -0.296 e. The number of rotatable bonds is 5. The van der Waals surface area contributed by atoms with E-state index in [1.54, 1.807) is 4.31 Å². The van der Waals surface area contributed by atoms with Crippen LogP contribution in [0.2, 0.25) is 5.02 Å². The number of benzene rings is 1. The zero-order valence-electron chi connectivity index (χ0n) is 11.8. The van der Waals surface area contributed by atoms with E-state index in [4.69, 9.17) is 11.6 Å². The third-order valence-electron chi connectivity index (χ3n) is 3.48. The van der Waals surface area contributed by atoms with Crippen molar-refractivity contribution in [3.8, 4) is 0 Å². The molecule has 0 radical (unpaired) electrons. The normalized spacial score (nSPS) is 18.3. The van der Waals surface area contributed by atoms with Crippen molar-refractivity contribution in [2.45, 2.75) is 19.9 Å². The van der Waals surface area contributed by atoms with Crippen molar-refractivity contribution >= 4 is 21.6 Å². The van der Waals surface area contributed by atoms with Gasteiger partial charge in [-0.05, 0) is 24.1 Å². The molecule has 1 fully saturated rings. The van der Waals surface area contributed by atoms with E-state index in [2.05, 4.69) is 4.90 Å².